The van der Waals surface area contributed by atoms with E-state index in [1.807, 2.05) is 6.92 Å². The Balaban J connectivity index is 1.98. The fourth-order valence-corrected chi connectivity index (χ4v) is 1.99. The number of ketones is 1. The number of carbonyl (C=O) groups excluding carboxylic acids is 3. The predicted molar refractivity (Wildman–Crippen MR) is 87.7 cm³/mol. The number of ether oxygens (including phenoxy) is 1. The van der Waals surface area contributed by atoms with Gasteiger partial charge in [0.05, 0.1) is 0 Å². The van der Waals surface area contributed by atoms with E-state index in [0.29, 0.717) is 17.9 Å². The van der Waals surface area contributed by atoms with Crippen molar-refractivity contribution in [3.8, 4) is 11.3 Å². The molecular weight excluding hydrogens is 310 g/mol. The first-order valence-corrected chi connectivity index (χ1v) is 7.66. The first-order chi connectivity index (χ1) is 11.5. The van der Waals surface area contributed by atoms with E-state index in [-0.39, 0.29) is 24.1 Å². The topological polar surface area (TPSA) is 85.6 Å². The highest BCUT2D eigenvalue weighted by molar-refractivity contribution is 5.94. The smallest absolute Gasteiger partial charge is 0.374 e. The number of hydrogen-bond donors (Lipinski definition) is 1. The van der Waals surface area contributed by atoms with Crippen LogP contribution in [0.2, 0.25) is 0 Å². The number of hydrogen-bond acceptors (Lipinski definition) is 5. The Hall–Kier alpha value is -2.89. The minimum atomic E-state index is -0.701. The van der Waals surface area contributed by atoms with Gasteiger partial charge in [-0.2, -0.15) is 0 Å². The van der Waals surface area contributed by atoms with Crippen LogP contribution in [0.15, 0.2) is 40.8 Å². The maximum atomic E-state index is 11.9. The van der Waals surface area contributed by atoms with E-state index >= 15 is 0 Å². The van der Waals surface area contributed by atoms with Crippen molar-refractivity contribution in [2.45, 2.75) is 20.3 Å². The molecule has 2 rings (SSSR count). The molecule has 1 aromatic heterocycles. The van der Waals surface area contributed by atoms with Crippen molar-refractivity contribution in [2.75, 3.05) is 13.2 Å². The second-order valence-corrected chi connectivity index (χ2v) is 5.22. The van der Waals surface area contributed by atoms with Gasteiger partial charge in [-0.3, -0.25) is 9.59 Å². The lowest BCUT2D eigenvalue weighted by molar-refractivity contribution is -0.124. The summed E-state index contributed by atoms with van der Waals surface area (Å²) >= 11 is 0. The summed E-state index contributed by atoms with van der Waals surface area (Å²) in [7, 11) is 0. The third-order valence-corrected chi connectivity index (χ3v) is 3.29. The fourth-order valence-electron chi connectivity index (χ4n) is 1.99. The van der Waals surface area contributed by atoms with Gasteiger partial charge in [0.25, 0.3) is 5.91 Å². The van der Waals surface area contributed by atoms with E-state index < -0.39 is 5.97 Å². The highest BCUT2D eigenvalue weighted by Gasteiger charge is 2.15. The zero-order valence-electron chi connectivity index (χ0n) is 13.6. The Kier molecular flexibility index (Phi) is 5.89. The average Bonchev–Trinajstić information content (AvgIpc) is 3.08. The van der Waals surface area contributed by atoms with Crippen LogP contribution >= 0.6 is 0 Å². The number of nitrogens with one attached hydrogen (secondary N) is 1. The third-order valence-electron chi connectivity index (χ3n) is 3.29. The second-order valence-electron chi connectivity index (χ2n) is 5.22. The summed E-state index contributed by atoms with van der Waals surface area (Å²) in [5.41, 5.74) is 1.34. The summed E-state index contributed by atoms with van der Waals surface area (Å²) in [6.07, 6.45) is 0.809. The average molecular weight is 329 g/mol. The van der Waals surface area contributed by atoms with Gasteiger partial charge in [-0.1, -0.05) is 31.2 Å². The van der Waals surface area contributed by atoms with Crippen molar-refractivity contribution in [2.24, 2.45) is 0 Å². The summed E-state index contributed by atoms with van der Waals surface area (Å²) in [5.74, 6) is -0.576. The van der Waals surface area contributed by atoms with Gasteiger partial charge in [-0.25, -0.2) is 4.79 Å². The standard InChI is InChI=1S/C18H19NO5/c1-3-10-19-17(21)11-23-18(22)16-9-8-15(24-16)14-6-4-13(5-7-14)12(2)20/h4-9H,3,10-11H2,1-2H3,(H,19,21). The second kappa shape index (κ2) is 8.10. The van der Waals surface area contributed by atoms with Crippen LogP contribution in [0.25, 0.3) is 11.3 Å². The lowest BCUT2D eigenvalue weighted by atomic mass is 10.1. The predicted octanol–water partition coefficient (Wildman–Crippen LogP) is 2.83. The molecule has 126 valence electrons. The van der Waals surface area contributed by atoms with Crippen molar-refractivity contribution >= 4 is 17.7 Å². The van der Waals surface area contributed by atoms with E-state index in [2.05, 4.69) is 5.32 Å². The first kappa shape index (κ1) is 17.5. The lowest BCUT2D eigenvalue weighted by Crippen LogP contribution is -2.29. The molecule has 2 aromatic rings. The Morgan fingerprint density at radius 1 is 1.08 bits per heavy atom. The maximum absolute atomic E-state index is 11.9. The normalized spacial score (nSPS) is 10.2. The largest absolute Gasteiger partial charge is 0.450 e. The van der Waals surface area contributed by atoms with E-state index in [0.717, 1.165) is 12.0 Å². The first-order valence-electron chi connectivity index (χ1n) is 7.66. The highest BCUT2D eigenvalue weighted by Crippen LogP contribution is 2.23. The molecule has 0 unspecified atom stereocenters. The van der Waals surface area contributed by atoms with Crippen LogP contribution < -0.4 is 5.32 Å². The molecule has 0 radical (unpaired) electrons. The van der Waals surface area contributed by atoms with Crippen molar-refractivity contribution in [1.82, 2.24) is 5.32 Å². The summed E-state index contributed by atoms with van der Waals surface area (Å²) in [4.78, 5) is 34.5. The zero-order valence-corrected chi connectivity index (χ0v) is 13.6. The van der Waals surface area contributed by atoms with Gasteiger partial charge >= 0.3 is 5.97 Å². The molecule has 0 spiro atoms. The monoisotopic (exact) mass is 329 g/mol. The van der Waals surface area contributed by atoms with Crippen molar-refractivity contribution in [3.05, 3.63) is 47.7 Å². The van der Waals surface area contributed by atoms with Gasteiger partial charge in [-0.05, 0) is 25.5 Å². The van der Waals surface area contributed by atoms with Crippen molar-refractivity contribution < 1.29 is 23.5 Å². The van der Waals surface area contributed by atoms with Gasteiger partial charge in [-0.15, -0.1) is 0 Å². The molecule has 0 bridgehead atoms. The molecule has 0 aliphatic heterocycles. The molecule has 1 heterocycles. The minimum absolute atomic E-state index is 0.0175. The van der Waals surface area contributed by atoms with Crippen LogP contribution in [0, 0.1) is 0 Å². The molecule has 0 fully saturated rings. The zero-order chi connectivity index (χ0) is 17.5. The summed E-state index contributed by atoms with van der Waals surface area (Å²) < 4.78 is 10.4. The van der Waals surface area contributed by atoms with Crippen LogP contribution in [0.1, 0.15) is 41.2 Å². The Morgan fingerprint density at radius 2 is 1.79 bits per heavy atom. The van der Waals surface area contributed by atoms with Gasteiger partial charge in [0.15, 0.2) is 12.4 Å². The molecule has 6 nitrogen and oxygen atoms in total. The fraction of sp³-hybridized carbons (Fsp3) is 0.278. The van der Waals surface area contributed by atoms with E-state index in [4.69, 9.17) is 9.15 Å². The number of carbonyl (C=O) groups is 3. The van der Waals surface area contributed by atoms with E-state index in [1.165, 1.54) is 13.0 Å². The van der Waals surface area contributed by atoms with Crippen LogP contribution in [0.4, 0.5) is 0 Å². The van der Waals surface area contributed by atoms with E-state index in [1.54, 1.807) is 30.3 Å². The molecule has 0 aliphatic rings. The molecule has 6 heteroatoms. The van der Waals surface area contributed by atoms with Crippen LogP contribution in [-0.2, 0) is 9.53 Å². The summed E-state index contributed by atoms with van der Waals surface area (Å²) in [5, 5.41) is 2.61. The molecule has 0 aliphatic carbocycles. The number of Topliss-reactive ketones (excluding diaryl/α,β-unsaturated/α-hetero) is 1. The number of amides is 1. The maximum Gasteiger partial charge on any atom is 0.374 e. The van der Waals surface area contributed by atoms with Crippen LogP contribution in [0.3, 0.4) is 0 Å². The van der Waals surface area contributed by atoms with Gasteiger partial charge in [0.2, 0.25) is 5.76 Å². The minimum Gasteiger partial charge on any atom is -0.450 e. The van der Waals surface area contributed by atoms with Crippen molar-refractivity contribution in [3.63, 3.8) is 0 Å². The summed E-state index contributed by atoms with van der Waals surface area (Å²) in [6.45, 7) is 3.62. The highest BCUT2D eigenvalue weighted by atomic mass is 16.5. The molecule has 1 aromatic carbocycles. The third kappa shape index (κ3) is 4.55. The Bertz CT molecular complexity index is 730. The molecule has 1 amide bonds. The van der Waals surface area contributed by atoms with Crippen molar-refractivity contribution in [1.29, 1.82) is 0 Å². The molecule has 0 saturated carbocycles. The molecular formula is C18H19NO5. The number of benzene rings is 1. The van der Waals surface area contributed by atoms with Crippen LogP contribution in [0.5, 0.6) is 0 Å². The van der Waals surface area contributed by atoms with Gasteiger partial charge in [0, 0.05) is 17.7 Å². The van der Waals surface area contributed by atoms with Gasteiger partial charge in [0.1, 0.15) is 5.76 Å². The van der Waals surface area contributed by atoms with Crippen LogP contribution in [-0.4, -0.2) is 30.8 Å². The Morgan fingerprint density at radius 3 is 2.42 bits per heavy atom. The quantitative estimate of drug-likeness (QED) is 0.623. The molecule has 24 heavy (non-hydrogen) atoms. The molecule has 0 saturated heterocycles. The number of furan rings is 1. The van der Waals surface area contributed by atoms with E-state index in [9.17, 15) is 14.4 Å². The lowest BCUT2D eigenvalue weighted by Gasteiger charge is -2.04. The number of esters is 1. The number of rotatable bonds is 7. The molecule has 0 atom stereocenters. The molecule has 1 N–H and O–H groups in total. The van der Waals surface area contributed by atoms with Gasteiger partial charge < -0.3 is 14.5 Å². The Labute approximate surface area is 139 Å². The SMILES string of the molecule is CCCNC(=O)COC(=O)c1ccc(-c2ccc(C(C)=O)cc2)o1. The summed E-state index contributed by atoms with van der Waals surface area (Å²) in [6, 6.07) is 9.98.